The van der Waals surface area contributed by atoms with Crippen molar-refractivity contribution in [3.63, 3.8) is 0 Å². The van der Waals surface area contributed by atoms with Gasteiger partial charge >= 0.3 is 0 Å². The Morgan fingerprint density at radius 3 is 2.90 bits per heavy atom. The van der Waals surface area contributed by atoms with Gasteiger partial charge in [0.1, 0.15) is 0 Å². The molecule has 110 valence electrons. The highest BCUT2D eigenvalue weighted by molar-refractivity contribution is 5.76. The van der Waals surface area contributed by atoms with Crippen molar-refractivity contribution in [2.75, 3.05) is 13.2 Å². The number of carbonyl (C=O) groups excluding carboxylic acids is 1. The van der Waals surface area contributed by atoms with Crippen LogP contribution in [0.4, 0.5) is 0 Å². The van der Waals surface area contributed by atoms with Crippen molar-refractivity contribution in [3.05, 3.63) is 34.9 Å². The predicted octanol–water partition coefficient (Wildman–Crippen LogP) is 1.50. The van der Waals surface area contributed by atoms with Gasteiger partial charge in [0.05, 0.1) is 18.8 Å². The Morgan fingerprint density at radius 1 is 1.40 bits per heavy atom. The summed E-state index contributed by atoms with van der Waals surface area (Å²) in [4.78, 5) is 11.9. The summed E-state index contributed by atoms with van der Waals surface area (Å²) in [5, 5.41) is 12.6. The molecule has 1 fully saturated rings. The molecule has 0 spiro atoms. The Bertz CT molecular complexity index is 473. The van der Waals surface area contributed by atoms with Crippen LogP contribution in [0.1, 0.15) is 29.5 Å². The van der Waals surface area contributed by atoms with Crippen LogP contribution in [0.5, 0.6) is 0 Å². The average molecular weight is 277 g/mol. The van der Waals surface area contributed by atoms with Gasteiger partial charge in [-0.15, -0.1) is 0 Å². The quantitative estimate of drug-likeness (QED) is 0.877. The lowest BCUT2D eigenvalue weighted by Gasteiger charge is -2.28. The van der Waals surface area contributed by atoms with Crippen LogP contribution in [0.2, 0.25) is 0 Å². The van der Waals surface area contributed by atoms with E-state index in [2.05, 4.69) is 37.4 Å². The maximum Gasteiger partial charge on any atom is 0.220 e. The van der Waals surface area contributed by atoms with E-state index in [1.807, 2.05) is 0 Å². The van der Waals surface area contributed by atoms with Crippen LogP contribution < -0.4 is 5.32 Å². The molecule has 2 atom stereocenters. The molecule has 2 N–H and O–H groups in total. The highest BCUT2D eigenvalue weighted by Gasteiger charge is 2.24. The summed E-state index contributed by atoms with van der Waals surface area (Å²) >= 11 is 0. The molecule has 0 bridgehead atoms. The molecule has 4 nitrogen and oxygen atoms in total. The normalized spacial score (nSPS) is 22.6. The predicted molar refractivity (Wildman–Crippen MR) is 77.6 cm³/mol. The van der Waals surface area contributed by atoms with Crippen molar-refractivity contribution in [1.29, 1.82) is 0 Å². The first-order valence-corrected chi connectivity index (χ1v) is 7.17. The smallest absolute Gasteiger partial charge is 0.220 e. The zero-order chi connectivity index (χ0) is 14.5. The number of aliphatic hydroxyl groups is 1. The first-order chi connectivity index (χ1) is 9.56. The van der Waals surface area contributed by atoms with Crippen LogP contribution in [0.15, 0.2) is 18.2 Å². The van der Waals surface area contributed by atoms with Gasteiger partial charge in [0.2, 0.25) is 5.91 Å². The minimum atomic E-state index is -0.491. The van der Waals surface area contributed by atoms with E-state index in [0.29, 0.717) is 26.1 Å². The molecule has 1 aliphatic rings. The van der Waals surface area contributed by atoms with Gasteiger partial charge < -0.3 is 15.2 Å². The number of aryl methyl sites for hydroxylation is 3. The maximum absolute atomic E-state index is 11.9. The zero-order valence-corrected chi connectivity index (χ0v) is 12.2. The Balaban J connectivity index is 1.81. The molecule has 0 aliphatic carbocycles. The molecule has 0 unspecified atom stereocenters. The molecular formula is C16H23NO3. The third-order valence-electron chi connectivity index (χ3n) is 3.88. The fourth-order valence-electron chi connectivity index (χ4n) is 2.36. The third kappa shape index (κ3) is 4.05. The summed E-state index contributed by atoms with van der Waals surface area (Å²) in [7, 11) is 0. The van der Waals surface area contributed by atoms with Gasteiger partial charge in [-0.2, -0.15) is 0 Å². The number of amides is 1. The topological polar surface area (TPSA) is 58.6 Å². The molecule has 4 heteroatoms. The first kappa shape index (κ1) is 15.0. The van der Waals surface area contributed by atoms with Crippen molar-refractivity contribution in [3.8, 4) is 0 Å². The minimum Gasteiger partial charge on any atom is -0.391 e. The Hall–Kier alpha value is -1.39. The van der Waals surface area contributed by atoms with Crippen LogP contribution in [0.3, 0.4) is 0 Å². The molecule has 0 radical (unpaired) electrons. The summed E-state index contributed by atoms with van der Waals surface area (Å²) in [5.74, 6) is -0.0298. The molecule has 1 aromatic rings. The van der Waals surface area contributed by atoms with E-state index in [1.165, 1.54) is 16.7 Å². The summed E-state index contributed by atoms with van der Waals surface area (Å²) < 4.78 is 5.27. The summed E-state index contributed by atoms with van der Waals surface area (Å²) in [6.45, 7) is 5.12. The van der Waals surface area contributed by atoms with E-state index in [9.17, 15) is 9.90 Å². The second-order valence-electron chi connectivity index (χ2n) is 5.52. The summed E-state index contributed by atoms with van der Waals surface area (Å²) in [5.41, 5.74) is 3.68. The van der Waals surface area contributed by atoms with Gasteiger partial charge in [0.15, 0.2) is 0 Å². The maximum atomic E-state index is 11.9. The third-order valence-corrected chi connectivity index (χ3v) is 3.88. The van der Waals surface area contributed by atoms with Gasteiger partial charge in [-0.05, 0) is 43.4 Å². The molecule has 1 aliphatic heterocycles. The fraction of sp³-hybridized carbons (Fsp3) is 0.562. The van der Waals surface area contributed by atoms with Crippen LogP contribution in [-0.4, -0.2) is 36.4 Å². The zero-order valence-electron chi connectivity index (χ0n) is 12.2. The van der Waals surface area contributed by atoms with Crippen molar-refractivity contribution < 1.29 is 14.6 Å². The molecule has 1 saturated heterocycles. The van der Waals surface area contributed by atoms with E-state index < -0.39 is 6.10 Å². The Labute approximate surface area is 120 Å². The summed E-state index contributed by atoms with van der Waals surface area (Å²) in [6, 6.07) is 6.01. The molecule has 0 aromatic heterocycles. The number of hydrogen-bond acceptors (Lipinski definition) is 3. The minimum absolute atomic E-state index is 0.0298. The number of hydrogen-bond donors (Lipinski definition) is 2. The fourth-order valence-corrected chi connectivity index (χ4v) is 2.36. The van der Waals surface area contributed by atoms with Gasteiger partial charge in [-0.3, -0.25) is 4.79 Å². The number of rotatable bonds is 4. The largest absolute Gasteiger partial charge is 0.391 e. The van der Waals surface area contributed by atoms with Crippen LogP contribution in [0, 0.1) is 13.8 Å². The lowest BCUT2D eigenvalue weighted by molar-refractivity contribution is -0.124. The molecule has 20 heavy (non-hydrogen) atoms. The lowest BCUT2D eigenvalue weighted by atomic mass is 10.0. The number of aliphatic hydroxyl groups excluding tert-OH is 1. The van der Waals surface area contributed by atoms with Crippen molar-refractivity contribution >= 4 is 5.91 Å². The van der Waals surface area contributed by atoms with Crippen LogP contribution in [-0.2, 0) is 16.0 Å². The SMILES string of the molecule is Cc1ccc(CCC(=O)N[C@H]2COCC[C@@H]2O)cc1C. The number of ether oxygens (including phenoxy) is 1. The molecule has 1 heterocycles. The van der Waals surface area contributed by atoms with Crippen LogP contribution >= 0.6 is 0 Å². The monoisotopic (exact) mass is 277 g/mol. The molecule has 1 aromatic carbocycles. The molecule has 0 saturated carbocycles. The number of carbonyl (C=O) groups is 1. The molecule has 1 amide bonds. The van der Waals surface area contributed by atoms with E-state index in [-0.39, 0.29) is 11.9 Å². The van der Waals surface area contributed by atoms with Gasteiger partial charge in [0, 0.05) is 13.0 Å². The second-order valence-corrected chi connectivity index (χ2v) is 5.52. The summed E-state index contributed by atoms with van der Waals surface area (Å²) in [6.07, 6.45) is 1.25. The van der Waals surface area contributed by atoms with E-state index >= 15 is 0 Å². The van der Waals surface area contributed by atoms with Crippen LogP contribution in [0.25, 0.3) is 0 Å². The van der Waals surface area contributed by atoms with Gasteiger partial charge in [-0.25, -0.2) is 0 Å². The van der Waals surface area contributed by atoms with Crippen molar-refractivity contribution in [2.24, 2.45) is 0 Å². The van der Waals surface area contributed by atoms with Crippen molar-refractivity contribution in [1.82, 2.24) is 5.32 Å². The standard InChI is InChI=1S/C16H23NO3/c1-11-3-4-13(9-12(11)2)5-6-16(19)17-14-10-20-8-7-15(14)18/h3-4,9,14-15,18H,5-8,10H2,1-2H3,(H,17,19)/t14-,15-/m0/s1. The average Bonchev–Trinajstić information content (AvgIpc) is 2.43. The van der Waals surface area contributed by atoms with Gasteiger partial charge in [0.25, 0.3) is 0 Å². The second kappa shape index (κ2) is 6.86. The highest BCUT2D eigenvalue weighted by Crippen LogP contribution is 2.12. The Morgan fingerprint density at radius 2 is 2.20 bits per heavy atom. The first-order valence-electron chi connectivity index (χ1n) is 7.17. The molecular weight excluding hydrogens is 254 g/mol. The molecule has 2 rings (SSSR count). The van der Waals surface area contributed by atoms with Gasteiger partial charge in [-0.1, -0.05) is 18.2 Å². The Kier molecular flexibility index (Phi) is 5.15. The number of benzene rings is 1. The van der Waals surface area contributed by atoms with E-state index in [1.54, 1.807) is 0 Å². The van der Waals surface area contributed by atoms with E-state index in [0.717, 1.165) is 6.42 Å². The van der Waals surface area contributed by atoms with E-state index in [4.69, 9.17) is 4.74 Å². The highest BCUT2D eigenvalue weighted by atomic mass is 16.5. The number of nitrogens with one attached hydrogen (secondary N) is 1. The van der Waals surface area contributed by atoms with Crippen molar-refractivity contribution in [2.45, 2.75) is 45.3 Å². The lowest BCUT2D eigenvalue weighted by Crippen LogP contribution is -2.49.